The van der Waals surface area contributed by atoms with Gasteiger partial charge in [-0.3, -0.25) is 0 Å². The first kappa shape index (κ1) is 17.8. The number of halogens is 2. The van der Waals surface area contributed by atoms with Crippen LogP contribution >= 0.6 is 24.8 Å². The molecule has 0 heterocycles. The van der Waals surface area contributed by atoms with Crippen molar-refractivity contribution in [1.29, 1.82) is 0 Å². The third kappa shape index (κ3) is 4.47. The molecule has 0 spiro atoms. The van der Waals surface area contributed by atoms with Gasteiger partial charge < -0.3 is 0 Å². The maximum atomic E-state index is 5.64. The molecule has 1 nitrogen and oxygen atoms in total. The molecule has 4 heteroatoms. The van der Waals surface area contributed by atoms with Gasteiger partial charge in [-0.15, -0.1) is 24.8 Å². The molecular weight excluding hydrogens is 303 g/mol. The van der Waals surface area contributed by atoms with Crippen LogP contribution in [0.4, 0.5) is 0 Å². The second-order valence-electron chi connectivity index (χ2n) is 3.83. The van der Waals surface area contributed by atoms with Crippen molar-refractivity contribution >= 4 is 24.8 Å². The Morgan fingerprint density at radius 2 is 1.94 bits per heavy atom. The largest absolute Gasteiger partial charge is 0.147 e. The Morgan fingerprint density at radius 1 is 1.22 bits per heavy atom. The Hall–Kier alpha value is -0.206. The summed E-state index contributed by atoms with van der Waals surface area (Å²) in [5.41, 5.74) is 2.72. The molecule has 0 unspecified atom stereocenters. The molecule has 0 fully saturated rings. The summed E-state index contributed by atoms with van der Waals surface area (Å²) >= 11 is 2.21. The van der Waals surface area contributed by atoms with Gasteiger partial charge >= 0.3 is 109 Å². The van der Waals surface area contributed by atoms with Gasteiger partial charge in [0.05, 0.1) is 0 Å². The number of hydrogen-bond acceptors (Lipinski definition) is 1. The summed E-state index contributed by atoms with van der Waals surface area (Å²) < 4.78 is 7.11. The van der Waals surface area contributed by atoms with Crippen molar-refractivity contribution < 1.29 is 25.2 Å². The van der Waals surface area contributed by atoms with Gasteiger partial charge in [-0.1, -0.05) is 0 Å². The summed E-state index contributed by atoms with van der Waals surface area (Å²) in [4.78, 5) is 0. The molecule has 97 valence electrons. The van der Waals surface area contributed by atoms with Crippen molar-refractivity contribution in [2.24, 2.45) is 0 Å². The van der Waals surface area contributed by atoms with Crippen LogP contribution < -0.4 is 4.74 Å². The predicted octanol–water partition coefficient (Wildman–Crippen LogP) is 4.23. The summed E-state index contributed by atoms with van der Waals surface area (Å²) in [5, 5.41) is 0. The van der Waals surface area contributed by atoms with Gasteiger partial charge in [0.2, 0.25) is 0 Å². The number of ether oxygens (including phenoxy) is 1. The summed E-state index contributed by atoms with van der Waals surface area (Å²) in [6.45, 7) is 2.75. The van der Waals surface area contributed by atoms with E-state index in [1.165, 1.54) is 15.0 Å². The van der Waals surface area contributed by atoms with Crippen molar-refractivity contribution in [2.45, 2.75) is 19.8 Å². The van der Waals surface area contributed by atoms with Gasteiger partial charge in [0.1, 0.15) is 0 Å². The van der Waals surface area contributed by atoms with Crippen LogP contribution in [0.2, 0.25) is 0 Å². The summed E-state index contributed by atoms with van der Waals surface area (Å²) in [6.07, 6.45) is 6.55. The Bertz CT molecular complexity index is 441. The van der Waals surface area contributed by atoms with Crippen LogP contribution in [0.15, 0.2) is 45.9 Å². The van der Waals surface area contributed by atoms with Crippen molar-refractivity contribution in [2.75, 3.05) is 6.61 Å². The van der Waals surface area contributed by atoms with E-state index in [0.717, 1.165) is 25.2 Å². The average molecular weight is 320 g/mol. The molecule has 0 N–H and O–H groups in total. The molecule has 0 aromatic heterocycles. The van der Waals surface area contributed by atoms with E-state index in [-0.39, 0.29) is 24.8 Å². The quantitative estimate of drug-likeness (QED) is 0.754. The van der Waals surface area contributed by atoms with Gasteiger partial charge in [-0.2, -0.15) is 0 Å². The molecule has 1 aliphatic rings. The van der Waals surface area contributed by atoms with Gasteiger partial charge in [0, 0.05) is 0 Å². The maximum Gasteiger partial charge on any atom is -0.147 e. The fraction of sp³-hybridized carbons (Fsp3) is 0.286. The monoisotopic (exact) mass is 319 g/mol. The van der Waals surface area contributed by atoms with Crippen molar-refractivity contribution in [3.63, 3.8) is 0 Å². The first-order chi connectivity index (χ1) is 7.81. The molecule has 0 saturated heterocycles. The number of rotatable bonds is 4. The van der Waals surface area contributed by atoms with Crippen LogP contribution in [0.5, 0.6) is 5.75 Å². The fourth-order valence-electron chi connectivity index (χ4n) is 1.87. The summed E-state index contributed by atoms with van der Waals surface area (Å²) in [7, 11) is 0. The normalized spacial score (nSPS) is 12.9. The SMILES string of the molecule is CCOc1ccccc1CC1=[C]([Ti])CC=C1.Cl.Cl. The van der Waals surface area contributed by atoms with E-state index in [4.69, 9.17) is 4.74 Å². The number of hydrogen-bond donors (Lipinski definition) is 0. The van der Waals surface area contributed by atoms with Crippen LogP contribution in [0.3, 0.4) is 0 Å². The van der Waals surface area contributed by atoms with E-state index < -0.39 is 0 Å². The topological polar surface area (TPSA) is 9.23 Å². The molecule has 2 rings (SSSR count). The van der Waals surface area contributed by atoms with Crippen LogP contribution in [-0.4, -0.2) is 6.61 Å². The Labute approximate surface area is 133 Å². The second-order valence-corrected chi connectivity index (χ2v) is 4.77. The van der Waals surface area contributed by atoms with Gasteiger partial charge in [0.15, 0.2) is 0 Å². The smallest absolute Gasteiger partial charge is 0.147 e. The van der Waals surface area contributed by atoms with Crippen molar-refractivity contribution in [3.8, 4) is 5.75 Å². The fourth-order valence-corrected chi connectivity index (χ4v) is 2.32. The molecular formula is C14H17Cl2OTi. The molecule has 0 radical (unpaired) electrons. The third-order valence-electron chi connectivity index (χ3n) is 2.68. The van der Waals surface area contributed by atoms with Crippen LogP contribution in [-0.2, 0) is 26.9 Å². The molecule has 18 heavy (non-hydrogen) atoms. The van der Waals surface area contributed by atoms with Gasteiger partial charge in [-0.25, -0.2) is 0 Å². The van der Waals surface area contributed by atoms with E-state index in [9.17, 15) is 0 Å². The van der Waals surface area contributed by atoms with E-state index in [1.807, 2.05) is 19.1 Å². The molecule has 1 aliphatic carbocycles. The zero-order chi connectivity index (χ0) is 11.4. The molecule has 0 amide bonds. The summed E-state index contributed by atoms with van der Waals surface area (Å²) in [6, 6.07) is 8.30. The van der Waals surface area contributed by atoms with Crippen LogP contribution in [0, 0.1) is 0 Å². The zero-order valence-electron chi connectivity index (χ0n) is 10.3. The maximum absolute atomic E-state index is 5.64. The van der Waals surface area contributed by atoms with Crippen LogP contribution in [0.25, 0.3) is 0 Å². The Balaban J connectivity index is 0.00000144. The first-order valence-corrected chi connectivity index (χ1v) is 6.40. The molecule has 1 aromatic rings. The van der Waals surface area contributed by atoms with Crippen LogP contribution in [0.1, 0.15) is 18.9 Å². The molecule has 1 aromatic carbocycles. The Kier molecular flexibility index (Phi) is 8.72. The standard InChI is InChI=1S/C14H15O.2ClH.Ti/c1-2-15-14-10-6-5-9-13(14)11-12-7-3-4-8-12;;;/h3,5-7,9-10H,2,4,11H2,1H3;2*1H;. The number of benzene rings is 1. The third-order valence-corrected chi connectivity index (χ3v) is 3.50. The van der Waals surface area contributed by atoms with E-state index in [0.29, 0.717) is 0 Å². The van der Waals surface area contributed by atoms with E-state index in [1.54, 1.807) is 0 Å². The molecule has 0 saturated carbocycles. The second kappa shape index (κ2) is 8.82. The van der Waals surface area contributed by atoms with Gasteiger partial charge in [0.25, 0.3) is 0 Å². The molecule has 0 bridgehead atoms. The first-order valence-electron chi connectivity index (χ1n) is 5.62. The predicted molar refractivity (Wildman–Crippen MR) is 76.6 cm³/mol. The zero-order valence-corrected chi connectivity index (χ0v) is 13.5. The van der Waals surface area contributed by atoms with E-state index >= 15 is 0 Å². The number of allylic oxidation sites excluding steroid dienone is 4. The minimum Gasteiger partial charge on any atom is -0.147 e. The minimum atomic E-state index is 0. The van der Waals surface area contributed by atoms with Gasteiger partial charge in [-0.05, 0) is 0 Å². The average Bonchev–Trinajstić information content (AvgIpc) is 2.68. The molecule has 0 atom stereocenters. The van der Waals surface area contributed by atoms with Crippen molar-refractivity contribution in [3.05, 3.63) is 51.4 Å². The number of para-hydroxylation sites is 1. The summed E-state index contributed by atoms with van der Waals surface area (Å²) in [5.74, 6) is 1.02. The van der Waals surface area contributed by atoms with Crippen molar-refractivity contribution in [1.82, 2.24) is 0 Å². The van der Waals surface area contributed by atoms with E-state index in [2.05, 4.69) is 44.7 Å². The molecule has 0 aliphatic heterocycles. The Morgan fingerprint density at radius 3 is 2.56 bits per heavy atom. The minimum absolute atomic E-state index is 0.